The molecule has 0 spiro atoms. The van der Waals surface area contributed by atoms with Crippen molar-refractivity contribution in [1.82, 2.24) is 34.8 Å². The van der Waals surface area contributed by atoms with Gasteiger partial charge in [0.25, 0.3) is 5.91 Å². The lowest BCUT2D eigenvalue weighted by Crippen LogP contribution is -2.30. The number of carbonyl (C=O) groups excluding carboxylic acids is 1. The minimum Gasteiger partial charge on any atom is -0.481 e. The Kier molecular flexibility index (Phi) is 4.11. The van der Waals surface area contributed by atoms with Crippen molar-refractivity contribution in [3.8, 4) is 11.6 Å². The first-order valence-corrected chi connectivity index (χ1v) is 10.2. The van der Waals surface area contributed by atoms with Crippen LogP contribution in [0, 0.1) is 31.5 Å². The average molecular weight is 438 g/mol. The van der Waals surface area contributed by atoms with Gasteiger partial charge < -0.3 is 9.64 Å². The molecule has 9 nitrogen and oxygen atoms in total. The monoisotopic (exact) mass is 438 g/mol. The van der Waals surface area contributed by atoms with Crippen LogP contribution in [0.25, 0.3) is 11.3 Å². The largest absolute Gasteiger partial charge is 0.481 e. The summed E-state index contributed by atoms with van der Waals surface area (Å²) < 4.78 is 40.7. The fraction of sp³-hybridized carbons (Fsp3) is 0.364. The van der Waals surface area contributed by atoms with E-state index in [9.17, 15) is 9.18 Å². The number of likely N-dealkylation sites (tertiary alicyclic amines) is 1. The van der Waals surface area contributed by atoms with Crippen LogP contribution in [0.2, 0.25) is 0 Å². The Balaban J connectivity index is 1.38. The van der Waals surface area contributed by atoms with Crippen LogP contribution in [-0.4, -0.2) is 60.9 Å². The third-order valence-electron chi connectivity index (χ3n) is 5.97. The van der Waals surface area contributed by atoms with Crippen LogP contribution >= 0.6 is 0 Å². The molecule has 164 valence electrons. The highest BCUT2D eigenvalue weighted by Crippen LogP contribution is 2.41. The van der Waals surface area contributed by atoms with E-state index in [-0.39, 0.29) is 34.9 Å². The number of allylic oxidation sites excluding steroid dienone is 1. The number of aromatic nitrogens is 6. The number of hydrogen-bond acceptors (Lipinski definition) is 7. The van der Waals surface area contributed by atoms with Crippen molar-refractivity contribution in [3.05, 3.63) is 59.3 Å². The van der Waals surface area contributed by atoms with E-state index in [0.717, 1.165) is 5.57 Å². The third kappa shape index (κ3) is 3.41. The predicted octanol–water partition coefficient (Wildman–Crippen LogP) is 2.39. The van der Waals surface area contributed by atoms with Gasteiger partial charge in [0.2, 0.25) is 5.88 Å². The maximum Gasteiger partial charge on any atom is 0.257 e. The molecule has 4 heterocycles. The van der Waals surface area contributed by atoms with Crippen molar-refractivity contribution in [3.63, 3.8) is 0 Å². The van der Waals surface area contributed by atoms with Crippen LogP contribution in [-0.2, 0) is 0 Å². The van der Waals surface area contributed by atoms with E-state index in [2.05, 4.69) is 31.2 Å². The average Bonchev–Trinajstić information content (AvgIpc) is 3.52. The molecule has 1 saturated heterocycles. The van der Waals surface area contributed by atoms with Crippen LogP contribution < -0.4 is 4.74 Å². The summed E-state index contributed by atoms with van der Waals surface area (Å²) in [5, 5.41) is 8.15. The minimum atomic E-state index is -2.69. The fourth-order valence-electron chi connectivity index (χ4n) is 4.41. The molecule has 1 amide bonds. The lowest BCUT2D eigenvalue weighted by Gasteiger charge is -2.19. The van der Waals surface area contributed by atoms with Gasteiger partial charge in [-0.15, -0.1) is 0 Å². The van der Waals surface area contributed by atoms with Crippen molar-refractivity contribution in [2.75, 3.05) is 20.1 Å². The van der Waals surface area contributed by atoms with Crippen LogP contribution in [0.15, 0.2) is 30.7 Å². The Morgan fingerprint density at radius 2 is 1.97 bits per heavy atom. The molecule has 2 atom stereocenters. The molecule has 5 rings (SSSR count). The summed E-state index contributed by atoms with van der Waals surface area (Å²) >= 11 is 0. The molecule has 3 aromatic heterocycles. The first-order chi connectivity index (χ1) is 16.6. The summed E-state index contributed by atoms with van der Waals surface area (Å²) in [4.78, 5) is 29.0. The molecular formula is C22H22FN7O2. The first-order valence-electron chi connectivity index (χ1n) is 11.7. The van der Waals surface area contributed by atoms with E-state index in [0.29, 0.717) is 36.7 Å². The van der Waals surface area contributed by atoms with Gasteiger partial charge in [0, 0.05) is 25.4 Å². The Bertz CT molecular complexity index is 1300. The molecule has 0 N–H and O–H groups in total. The molecule has 2 unspecified atom stereocenters. The van der Waals surface area contributed by atoms with Gasteiger partial charge in [-0.05, 0) is 37.7 Å². The van der Waals surface area contributed by atoms with Crippen LogP contribution in [0.3, 0.4) is 0 Å². The van der Waals surface area contributed by atoms with Gasteiger partial charge in [0.05, 0.1) is 40.5 Å². The molecule has 10 heteroatoms. The molecule has 3 aromatic rings. The maximum absolute atomic E-state index is 13.9. The topological polar surface area (TPSA) is 98.9 Å². The molecule has 0 aromatic carbocycles. The summed E-state index contributed by atoms with van der Waals surface area (Å²) in [5.74, 6) is 0.0376. The molecule has 0 radical (unpaired) electrons. The van der Waals surface area contributed by atoms with Crippen molar-refractivity contribution in [1.29, 1.82) is 0 Å². The molecule has 1 aliphatic carbocycles. The van der Waals surface area contributed by atoms with Gasteiger partial charge in [-0.1, -0.05) is 6.08 Å². The number of carbonyl (C=O) groups is 1. The zero-order valence-corrected chi connectivity index (χ0v) is 17.5. The Morgan fingerprint density at radius 1 is 1.22 bits per heavy atom. The number of ether oxygens (including phenoxy) is 1. The van der Waals surface area contributed by atoms with Crippen LogP contribution in [0.1, 0.15) is 38.1 Å². The normalized spacial score (nSPS) is 21.5. The minimum absolute atomic E-state index is 0.126. The second-order valence-corrected chi connectivity index (χ2v) is 8.02. The number of halogens is 1. The van der Waals surface area contributed by atoms with Gasteiger partial charge in [0.15, 0.2) is 11.6 Å². The SMILES string of the molecule is [2H]C([2H])([2H])Oc1cc(-n2nccn2)c(C(=O)N2CC3C=C(c4nc(C)c(F)c(C)n4)CC3C2)cn1. The molecule has 0 saturated carbocycles. The third-order valence-corrected chi connectivity index (χ3v) is 5.97. The molecular weight excluding hydrogens is 413 g/mol. The number of aryl methyl sites for hydroxylation is 2. The number of rotatable bonds is 4. The van der Waals surface area contributed by atoms with E-state index in [1.54, 1.807) is 18.7 Å². The van der Waals surface area contributed by atoms with Crippen LogP contribution in [0.5, 0.6) is 5.88 Å². The van der Waals surface area contributed by atoms with E-state index in [1.807, 2.05) is 0 Å². The highest BCUT2D eigenvalue weighted by atomic mass is 19.1. The second-order valence-electron chi connectivity index (χ2n) is 8.02. The molecule has 1 aliphatic heterocycles. The lowest BCUT2D eigenvalue weighted by molar-refractivity contribution is 0.0784. The van der Waals surface area contributed by atoms with Crippen LogP contribution in [0.4, 0.5) is 4.39 Å². The number of hydrogen-bond donors (Lipinski definition) is 0. The van der Waals surface area contributed by atoms with Crippen molar-refractivity contribution >= 4 is 11.5 Å². The molecule has 1 fully saturated rings. The summed E-state index contributed by atoms with van der Waals surface area (Å²) in [6, 6.07) is 1.34. The molecule has 32 heavy (non-hydrogen) atoms. The Morgan fingerprint density at radius 3 is 2.66 bits per heavy atom. The van der Waals surface area contributed by atoms with Crippen molar-refractivity contribution in [2.45, 2.75) is 20.3 Å². The Labute approximate surface area is 188 Å². The van der Waals surface area contributed by atoms with E-state index >= 15 is 0 Å². The maximum atomic E-state index is 13.9. The fourth-order valence-corrected chi connectivity index (χ4v) is 4.41. The first kappa shape index (κ1) is 16.9. The number of nitrogens with zero attached hydrogens (tertiary/aromatic N) is 7. The number of amides is 1. The van der Waals surface area contributed by atoms with Gasteiger partial charge in [-0.25, -0.2) is 19.3 Å². The standard InChI is InChI=1S/C22H22FN7O2/c1-12-20(23)13(2)28-21(27-12)14-6-15-10-29(11-16(15)7-14)22(31)17-9-24-19(32-3)8-18(17)30-25-4-5-26-30/h4-6,8-9,15-16H,7,10-11H2,1-3H3/i3D3. The molecule has 0 bridgehead atoms. The number of methoxy groups -OCH3 is 1. The van der Waals surface area contributed by atoms with E-state index in [1.165, 1.54) is 29.5 Å². The summed E-state index contributed by atoms with van der Waals surface area (Å²) in [7, 11) is -2.69. The smallest absolute Gasteiger partial charge is 0.257 e. The predicted molar refractivity (Wildman–Crippen MR) is 113 cm³/mol. The Hall–Kier alpha value is -3.69. The summed E-state index contributed by atoms with van der Waals surface area (Å²) in [6.07, 6.45) is 6.95. The second kappa shape index (κ2) is 7.77. The van der Waals surface area contributed by atoms with Gasteiger partial charge >= 0.3 is 0 Å². The van der Waals surface area contributed by atoms with E-state index < -0.39 is 12.9 Å². The zero-order chi connectivity index (χ0) is 24.9. The molecule has 2 aliphatic rings. The van der Waals surface area contributed by atoms with Gasteiger partial charge in [-0.3, -0.25) is 4.79 Å². The zero-order valence-electron chi connectivity index (χ0n) is 20.5. The quantitative estimate of drug-likeness (QED) is 0.617. The lowest BCUT2D eigenvalue weighted by atomic mass is 10.00. The number of pyridine rings is 1. The van der Waals surface area contributed by atoms with Gasteiger partial charge in [0.1, 0.15) is 5.69 Å². The van der Waals surface area contributed by atoms with Crippen molar-refractivity contribution < 1.29 is 18.0 Å². The summed E-state index contributed by atoms with van der Waals surface area (Å²) in [6.45, 7) is 4.26. The van der Waals surface area contributed by atoms with Gasteiger partial charge in [-0.2, -0.15) is 15.0 Å². The number of fused-ring (bicyclic) bond motifs is 1. The highest BCUT2D eigenvalue weighted by Gasteiger charge is 2.40. The van der Waals surface area contributed by atoms with Crippen molar-refractivity contribution in [2.24, 2.45) is 11.8 Å². The van der Waals surface area contributed by atoms with E-state index in [4.69, 9.17) is 8.85 Å². The summed E-state index contributed by atoms with van der Waals surface area (Å²) in [5.41, 5.74) is 2.11. The highest BCUT2D eigenvalue weighted by molar-refractivity contribution is 5.97.